The summed E-state index contributed by atoms with van der Waals surface area (Å²) in [5.41, 5.74) is 1.88. The minimum absolute atomic E-state index is 0.238. The van der Waals surface area contributed by atoms with E-state index < -0.39 is 36.9 Å². The number of benzene rings is 2. The maximum Gasteiger partial charge on any atom is 0.223 e. The van der Waals surface area contributed by atoms with Crippen LogP contribution < -0.4 is 10.1 Å². The second kappa shape index (κ2) is 8.51. The minimum Gasteiger partial charge on any atom is -0.463 e. The van der Waals surface area contributed by atoms with Crippen molar-refractivity contribution in [2.45, 2.75) is 50.8 Å². The molecule has 2 aliphatic heterocycles. The van der Waals surface area contributed by atoms with Gasteiger partial charge in [-0.25, -0.2) is 0 Å². The van der Waals surface area contributed by atoms with Crippen LogP contribution in [0.1, 0.15) is 24.3 Å². The van der Waals surface area contributed by atoms with Crippen molar-refractivity contribution in [2.75, 3.05) is 6.61 Å². The van der Waals surface area contributed by atoms with E-state index in [9.17, 15) is 9.90 Å². The minimum atomic E-state index is -1.03. The molecule has 2 fully saturated rings. The largest absolute Gasteiger partial charge is 0.463 e. The first-order valence-electron chi connectivity index (χ1n) is 9.67. The average Bonchev–Trinajstić information content (AvgIpc) is 2.71. The third-order valence-electron chi connectivity index (χ3n) is 5.05. The number of aliphatic hydroxyl groups excluding tert-OH is 1. The molecule has 4 rings (SSSR count). The van der Waals surface area contributed by atoms with Crippen LogP contribution in [0.2, 0.25) is 0 Å². The summed E-state index contributed by atoms with van der Waals surface area (Å²) in [6.07, 6.45) is -3.70. The van der Waals surface area contributed by atoms with Crippen molar-refractivity contribution in [3.8, 4) is 5.75 Å². The van der Waals surface area contributed by atoms with E-state index in [1.807, 2.05) is 55.5 Å². The predicted octanol–water partition coefficient (Wildman–Crippen LogP) is 2.08. The fourth-order valence-electron chi connectivity index (χ4n) is 3.68. The van der Waals surface area contributed by atoms with Gasteiger partial charge in [0.1, 0.15) is 30.1 Å². The molecule has 0 unspecified atom stereocenters. The van der Waals surface area contributed by atoms with Crippen molar-refractivity contribution in [1.29, 1.82) is 0 Å². The molecule has 0 spiro atoms. The molecule has 29 heavy (non-hydrogen) atoms. The van der Waals surface area contributed by atoms with E-state index >= 15 is 0 Å². The van der Waals surface area contributed by atoms with Gasteiger partial charge in [-0.1, -0.05) is 42.5 Å². The van der Waals surface area contributed by atoms with Gasteiger partial charge in [0.05, 0.1) is 6.61 Å². The third-order valence-corrected chi connectivity index (χ3v) is 5.05. The molecule has 2 aromatic rings. The molecule has 2 aromatic carbocycles. The van der Waals surface area contributed by atoms with E-state index in [1.165, 1.54) is 6.92 Å². The zero-order valence-electron chi connectivity index (χ0n) is 16.4. The maximum absolute atomic E-state index is 11.8. The summed E-state index contributed by atoms with van der Waals surface area (Å²) in [7, 11) is 0. The highest BCUT2D eigenvalue weighted by atomic mass is 16.7. The topological polar surface area (TPSA) is 86.3 Å². The quantitative estimate of drug-likeness (QED) is 0.819. The molecule has 2 saturated heterocycles. The third kappa shape index (κ3) is 4.43. The predicted molar refractivity (Wildman–Crippen MR) is 104 cm³/mol. The average molecular weight is 399 g/mol. The monoisotopic (exact) mass is 399 g/mol. The molecule has 6 atom stereocenters. The van der Waals surface area contributed by atoms with Crippen LogP contribution >= 0.6 is 0 Å². The Morgan fingerprint density at radius 1 is 1.14 bits per heavy atom. The Labute approximate surface area is 169 Å². The Balaban J connectivity index is 1.54. The van der Waals surface area contributed by atoms with Crippen molar-refractivity contribution in [3.05, 3.63) is 65.7 Å². The molecule has 7 heteroatoms. The van der Waals surface area contributed by atoms with E-state index in [1.54, 1.807) is 6.07 Å². The van der Waals surface area contributed by atoms with Gasteiger partial charge in [-0.3, -0.25) is 4.79 Å². The number of hydrogen-bond donors (Lipinski definition) is 2. The fraction of sp³-hybridized carbons (Fsp3) is 0.409. The summed E-state index contributed by atoms with van der Waals surface area (Å²) in [6.45, 7) is 3.58. The van der Waals surface area contributed by atoms with Crippen molar-refractivity contribution >= 4 is 5.91 Å². The molecule has 1 amide bonds. The highest BCUT2D eigenvalue weighted by molar-refractivity contribution is 5.73. The lowest BCUT2D eigenvalue weighted by atomic mass is 9.95. The molecular formula is C22H25NO6. The number of amides is 1. The number of fused-ring (bicyclic) bond motifs is 1. The van der Waals surface area contributed by atoms with Gasteiger partial charge in [0, 0.05) is 12.5 Å². The van der Waals surface area contributed by atoms with E-state index in [-0.39, 0.29) is 12.5 Å². The van der Waals surface area contributed by atoms with E-state index in [2.05, 4.69) is 5.32 Å². The molecule has 0 saturated carbocycles. The molecule has 7 nitrogen and oxygen atoms in total. The van der Waals surface area contributed by atoms with E-state index in [0.29, 0.717) is 5.75 Å². The van der Waals surface area contributed by atoms with Crippen LogP contribution in [0.15, 0.2) is 54.6 Å². The lowest BCUT2D eigenvalue weighted by Gasteiger charge is -2.47. The molecule has 2 heterocycles. The Kier molecular flexibility index (Phi) is 5.82. The summed E-state index contributed by atoms with van der Waals surface area (Å²) in [4.78, 5) is 11.8. The molecule has 0 radical (unpaired) electrons. The summed E-state index contributed by atoms with van der Waals surface area (Å²) in [5, 5.41) is 13.8. The first kappa shape index (κ1) is 19.8. The Bertz CT molecular complexity index is 844. The molecule has 0 bridgehead atoms. The first-order chi connectivity index (χ1) is 14.0. The molecule has 2 N–H and O–H groups in total. The van der Waals surface area contributed by atoms with Crippen LogP contribution in [0.25, 0.3) is 0 Å². The number of aryl methyl sites for hydroxylation is 1. The van der Waals surface area contributed by atoms with Crippen molar-refractivity contribution < 1.29 is 28.8 Å². The van der Waals surface area contributed by atoms with Gasteiger partial charge in [-0.05, 0) is 24.6 Å². The highest BCUT2D eigenvalue weighted by Gasteiger charge is 2.50. The summed E-state index contributed by atoms with van der Waals surface area (Å²) >= 11 is 0. The van der Waals surface area contributed by atoms with Gasteiger partial charge in [0.2, 0.25) is 12.2 Å². The van der Waals surface area contributed by atoms with E-state index in [4.69, 9.17) is 18.9 Å². The second-order valence-electron chi connectivity index (χ2n) is 7.37. The van der Waals surface area contributed by atoms with Gasteiger partial charge >= 0.3 is 0 Å². The van der Waals surface area contributed by atoms with E-state index in [0.717, 1.165) is 11.1 Å². The zero-order valence-corrected chi connectivity index (χ0v) is 16.4. The molecule has 154 valence electrons. The number of aliphatic hydroxyl groups is 1. The molecule has 2 aliphatic rings. The standard InChI is InChI=1S/C22H25NO6/c1-13-7-6-10-16(11-13)27-22-18(23-14(2)24)19(25)20-17(28-22)12-26-21(29-20)15-8-4-3-5-9-15/h3-11,17-22,25H,12H2,1-2H3,(H,23,24)/t17-,18-,19-,20-,21-,22-/m0/s1. The molecule has 0 aromatic heterocycles. The maximum atomic E-state index is 11.8. The summed E-state index contributed by atoms with van der Waals surface area (Å²) in [5.74, 6) is 0.302. The van der Waals surface area contributed by atoms with Crippen LogP contribution in [0, 0.1) is 6.92 Å². The Hall–Kier alpha value is -2.45. The van der Waals surface area contributed by atoms with Crippen LogP contribution in [-0.2, 0) is 19.0 Å². The lowest BCUT2D eigenvalue weighted by Crippen LogP contribution is -2.67. The highest BCUT2D eigenvalue weighted by Crippen LogP contribution is 2.34. The number of nitrogens with one attached hydrogen (secondary N) is 1. The first-order valence-corrected chi connectivity index (χ1v) is 9.67. The van der Waals surface area contributed by atoms with Crippen LogP contribution in [0.3, 0.4) is 0 Å². The SMILES string of the molecule is CC(=O)N[C@@H]1[C@@H](Oc2cccc(C)c2)O[C@H]2CO[C@H](c3ccccc3)O[C@@H]2[C@H]1O. The van der Waals surface area contributed by atoms with Crippen LogP contribution in [0.5, 0.6) is 5.75 Å². The Morgan fingerprint density at radius 2 is 1.93 bits per heavy atom. The normalized spacial score (nSPS) is 31.6. The number of ether oxygens (including phenoxy) is 4. The van der Waals surface area contributed by atoms with Crippen LogP contribution in [-0.4, -0.2) is 48.3 Å². The fourth-order valence-corrected chi connectivity index (χ4v) is 3.68. The smallest absolute Gasteiger partial charge is 0.223 e. The van der Waals surface area contributed by atoms with Gasteiger partial charge in [-0.15, -0.1) is 0 Å². The second-order valence-corrected chi connectivity index (χ2v) is 7.37. The molecular weight excluding hydrogens is 374 g/mol. The summed E-state index contributed by atoms with van der Waals surface area (Å²) < 4.78 is 23.9. The zero-order chi connectivity index (χ0) is 20.4. The van der Waals surface area contributed by atoms with Gasteiger partial charge < -0.3 is 29.4 Å². The number of rotatable bonds is 4. The Morgan fingerprint density at radius 3 is 2.66 bits per heavy atom. The van der Waals surface area contributed by atoms with Crippen LogP contribution in [0.4, 0.5) is 0 Å². The van der Waals surface area contributed by atoms with Gasteiger partial charge in [-0.2, -0.15) is 0 Å². The van der Waals surface area contributed by atoms with Crippen molar-refractivity contribution in [3.63, 3.8) is 0 Å². The molecule has 0 aliphatic carbocycles. The number of carbonyl (C=O) groups is 1. The lowest BCUT2D eigenvalue weighted by molar-refractivity contribution is -0.333. The van der Waals surface area contributed by atoms with Gasteiger partial charge in [0.25, 0.3) is 0 Å². The number of hydrogen-bond acceptors (Lipinski definition) is 6. The summed E-state index contributed by atoms with van der Waals surface area (Å²) in [6, 6.07) is 16.2. The van der Waals surface area contributed by atoms with Crippen molar-refractivity contribution in [1.82, 2.24) is 5.32 Å². The van der Waals surface area contributed by atoms with Crippen molar-refractivity contribution in [2.24, 2.45) is 0 Å². The van der Waals surface area contributed by atoms with Gasteiger partial charge in [0.15, 0.2) is 6.29 Å². The number of carbonyl (C=O) groups excluding carboxylic acids is 1.